The Bertz CT molecular complexity index is 1450. The number of hydrogen-bond donors (Lipinski definition) is 2. The maximum Gasteiger partial charge on any atom is 0.361 e. The smallest absolute Gasteiger partial charge is 0.361 e. The van der Waals surface area contributed by atoms with Crippen LogP contribution in [0.5, 0.6) is 0 Å². The molecule has 1 heterocycles. The molecule has 0 aliphatic rings. The Morgan fingerprint density at radius 3 is 2.02 bits per heavy atom. The molecule has 0 radical (unpaired) electrons. The standard InChI is InChI=1S/C27H31N2O9PS2.2C2H6/c1-5-35-27(32)22-16-23(18-11-13-21(14-12-18)39(33,37-6-2)38-7-3)40-25(22)28-24(30)17-36-26(31)19-9-8-10-20(15-19)29-41(4)34;2*1-2/h8-16,29H,5-7,17H2,1-4H3,(H,28,30);2*1-2H3. The van der Waals surface area contributed by atoms with Gasteiger partial charge in [-0.05, 0) is 62.7 Å². The summed E-state index contributed by atoms with van der Waals surface area (Å²) in [6, 6.07) is 14.5. The number of amides is 1. The van der Waals surface area contributed by atoms with Crippen molar-refractivity contribution < 1.29 is 41.7 Å². The van der Waals surface area contributed by atoms with E-state index in [-0.39, 0.29) is 35.9 Å². The van der Waals surface area contributed by atoms with Gasteiger partial charge in [-0.25, -0.2) is 13.8 Å². The monoisotopic (exact) mass is 682 g/mol. The summed E-state index contributed by atoms with van der Waals surface area (Å²) in [6.07, 6.45) is 1.45. The topological polar surface area (TPSA) is 146 Å². The molecule has 1 aromatic heterocycles. The van der Waals surface area contributed by atoms with Crippen molar-refractivity contribution in [3.05, 3.63) is 65.7 Å². The molecule has 3 aromatic rings. The first-order valence-corrected chi connectivity index (χ1v) is 18.5. The highest BCUT2D eigenvalue weighted by molar-refractivity contribution is 7.85. The third-order valence-corrected chi connectivity index (χ3v) is 8.99. The van der Waals surface area contributed by atoms with Crippen LogP contribution < -0.4 is 15.3 Å². The number of nitrogens with one attached hydrogen (secondary N) is 2. The van der Waals surface area contributed by atoms with Gasteiger partial charge in [0.2, 0.25) is 0 Å². The molecule has 45 heavy (non-hydrogen) atoms. The van der Waals surface area contributed by atoms with Gasteiger partial charge in [-0.3, -0.25) is 9.36 Å². The molecule has 0 spiro atoms. The van der Waals surface area contributed by atoms with E-state index in [9.17, 15) is 23.2 Å². The number of thiophene rings is 1. The van der Waals surface area contributed by atoms with Gasteiger partial charge in [0.15, 0.2) is 6.61 Å². The minimum Gasteiger partial charge on any atom is -0.462 e. The van der Waals surface area contributed by atoms with E-state index in [1.165, 1.54) is 18.4 Å². The fraction of sp³-hybridized carbons (Fsp3) is 0.387. The van der Waals surface area contributed by atoms with Crippen LogP contribution in [0.2, 0.25) is 0 Å². The van der Waals surface area contributed by atoms with Gasteiger partial charge >= 0.3 is 19.5 Å². The third kappa shape index (κ3) is 12.2. The van der Waals surface area contributed by atoms with Crippen LogP contribution >= 0.6 is 18.9 Å². The summed E-state index contributed by atoms with van der Waals surface area (Å²) in [5.74, 6) is -2.04. The predicted molar refractivity (Wildman–Crippen MR) is 182 cm³/mol. The zero-order valence-corrected chi connectivity index (χ0v) is 29.5. The Morgan fingerprint density at radius 2 is 1.47 bits per heavy atom. The average Bonchev–Trinajstić information content (AvgIpc) is 3.46. The molecule has 0 aliphatic heterocycles. The molecule has 2 aromatic carbocycles. The van der Waals surface area contributed by atoms with E-state index in [2.05, 4.69) is 10.0 Å². The largest absolute Gasteiger partial charge is 0.462 e. The molecule has 0 fully saturated rings. The summed E-state index contributed by atoms with van der Waals surface area (Å²) in [5, 5.41) is 3.23. The van der Waals surface area contributed by atoms with Crippen LogP contribution in [0.3, 0.4) is 0 Å². The van der Waals surface area contributed by atoms with Crippen LogP contribution in [0.1, 0.15) is 69.2 Å². The van der Waals surface area contributed by atoms with Gasteiger partial charge in [-0.15, -0.1) is 11.3 Å². The molecule has 1 atom stereocenters. The lowest BCUT2D eigenvalue weighted by Crippen LogP contribution is -2.21. The molecule has 248 valence electrons. The molecular weight excluding hydrogens is 639 g/mol. The number of esters is 2. The number of carbonyl (C=O) groups excluding carboxylic acids is 3. The zero-order valence-electron chi connectivity index (χ0n) is 27.0. The fourth-order valence-corrected chi connectivity index (χ4v) is 6.67. The van der Waals surface area contributed by atoms with E-state index in [0.29, 0.717) is 21.4 Å². The highest BCUT2D eigenvalue weighted by Gasteiger charge is 2.27. The second-order valence-corrected chi connectivity index (χ2v) is 12.4. The van der Waals surface area contributed by atoms with E-state index >= 15 is 0 Å². The lowest BCUT2D eigenvalue weighted by molar-refractivity contribution is -0.119. The van der Waals surface area contributed by atoms with Crippen LogP contribution in [-0.2, 0) is 38.9 Å². The van der Waals surface area contributed by atoms with Gasteiger partial charge < -0.3 is 28.6 Å². The van der Waals surface area contributed by atoms with E-state index in [4.69, 9.17) is 18.5 Å². The van der Waals surface area contributed by atoms with Crippen LogP contribution in [0, 0.1) is 0 Å². The van der Waals surface area contributed by atoms with Gasteiger partial charge in [0.25, 0.3) is 5.91 Å². The van der Waals surface area contributed by atoms with Crippen molar-refractivity contribution in [2.24, 2.45) is 0 Å². The Labute approximate surface area is 272 Å². The highest BCUT2D eigenvalue weighted by Crippen LogP contribution is 2.47. The minimum absolute atomic E-state index is 0.132. The van der Waals surface area contributed by atoms with Gasteiger partial charge in [0.05, 0.1) is 36.3 Å². The second-order valence-electron chi connectivity index (χ2n) is 8.22. The number of ether oxygens (including phenoxy) is 2. The second kappa shape index (κ2) is 20.6. The Morgan fingerprint density at radius 1 is 0.844 bits per heavy atom. The third-order valence-electron chi connectivity index (χ3n) is 5.24. The summed E-state index contributed by atoms with van der Waals surface area (Å²) in [6.45, 7) is 13.1. The minimum atomic E-state index is -3.46. The summed E-state index contributed by atoms with van der Waals surface area (Å²) < 4.78 is 48.2. The normalized spacial score (nSPS) is 11.1. The Kier molecular flexibility index (Phi) is 18.2. The van der Waals surface area contributed by atoms with Gasteiger partial charge in [-0.1, -0.05) is 45.9 Å². The van der Waals surface area contributed by atoms with Crippen molar-refractivity contribution in [2.45, 2.75) is 48.5 Å². The van der Waals surface area contributed by atoms with Crippen molar-refractivity contribution in [1.82, 2.24) is 0 Å². The molecule has 1 amide bonds. The number of anilines is 2. The summed E-state index contributed by atoms with van der Waals surface area (Å²) in [7, 11) is -4.79. The molecule has 0 bridgehead atoms. The summed E-state index contributed by atoms with van der Waals surface area (Å²) in [5.41, 5.74) is 1.45. The van der Waals surface area contributed by atoms with Crippen molar-refractivity contribution in [3.8, 4) is 10.4 Å². The molecule has 2 N–H and O–H groups in total. The van der Waals surface area contributed by atoms with Crippen molar-refractivity contribution in [2.75, 3.05) is 42.7 Å². The van der Waals surface area contributed by atoms with E-state index < -0.39 is 43.0 Å². The van der Waals surface area contributed by atoms with Gasteiger partial charge in [-0.2, -0.15) is 0 Å². The number of hydrogen-bond acceptors (Lipinski definition) is 10. The Hall–Kier alpha value is -3.35. The van der Waals surface area contributed by atoms with Crippen LogP contribution in [0.15, 0.2) is 54.6 Å². The molecule has 0 saturated heterocycles. The lowest BCUT2D eigenvalue weighted by Gasteiger charge is -2.17. The fourth-order valence-electron chi connectivity index (χ4n) is 3.57. The Balaban J connectivity index is 0.00000243. The summed E-state index contributed by atoms with van der Waals surface area (Å²) >= 11 is 1.13. The number of carbonyl (C=O) groups is 3. The van der Waals surface area contributed by atoms with E-state index in [1.54, 1.807) is 63.2 Å². The first-order valence-electron chi connectivity index (χ1n) is 14.6. The van der Waals surface area contributed by atoms with Crippen LogP contribution in [0.25, 0.3) is 10.4 Å². The molecule has 14 heteroatoms. The molecule has 0 aliphatic carbocycles. The highest BCUT2D eigenvalue weighted by atomic mass is 32.2. The van der Waals surface area contributed by atoms with Crippen molar-refractivity contribution in [3.63, 3.8) is 0 Å². The first-order chi connectivity index (χ1) is 21.6. The molecule has 1 unspecified atom stereocenters. The van der Waals surface area contributed by atoms with Crippen LogP contribution in [0.4, 0.5) is 10.7 Å². The SMILES string of the molecule is CC.CC.CCOC(=O)c1cc(-c2ccc(P(=O)(OCC)OCC)cc2)sc1NC(=O)COC(=O)c1cccc(NS(C)=O)c1. The summed E-state index contributed by atoms with van der Waals surface area (Å²) in [4.78, 5) is 38.4. The predicted octanol–water partition coefficient (Wildman–Crippen LogP) is 7.04. The molecule has 3 rings (SSSR count). The molecule has 0 saturated carbocycles. The maximum atomic E-state index is 13.1. The van der Waals surface area contributed by atoms with Crippen molar-refractivity contribution >= 4 is 63.8 Å². The van der Waals surface area contributed by atoms with Crippen LogP contribution in [-0.4, -0.2) is 54.7 Å². The van der Waals surface area contributed by atoms with Crippen molar-refractivity contribution in [1.29, 1.82) is 0 Å². The van der Waals surface area contributed by atoms with Gasteiger partial charge in [0, 0.05) is 16.8 Å². The van der Waals surface area contributed by atoms with Gasteiger partial charge in [0.1, 0.15) is 16.0 Å². The number of rotatable bonds is 14. The molecule has 11 nitrogen and oxygen atoms in total. The number of benzene rings is 2. The first kappa shape index (κ1) is 39.7. The average molecular weight is 683 g/mol. The van der Waals surface area contributed by atoms with E-state index in [1.807, 2.05) is 27.7 Å². The maximum absolute atomic E-state index is 13.1. The van der Waals surface area contributed by atoms with E-state index in [0.717, 1.165) is 11.3 Å². The quantitative estimate of drug-likeness (QED) is 0.135. The molecular formula is C31H43N2O9PS2. The zero-order chi connectivity index (χ0) is 34.0. The lowest BCUT2D eigenvalue weighted by atomic mass is 10.1.